The number of benzene rings is 1. The highest BCUT2D eigenvalue weighted by Gasteiger charge is 2.32. The Kier molecular flexibility index (Phi) is 14.3. The fraction of sp³-hybridized carbons (Fsp3) is 0.583. The molecule has 0 aromatic heterocycles. The summed E-state index contributed by atoms with van der Waals surface area (Å²) >= 11 is 0. The van der Waals surface area contributed by atoms with E-state index >= 15 is 0 Å². The Morgan fingerprint density at radius 2 is 1.50 bits per heavy atom. The number of rotatable bonds is 15. The molecule has 1 rings (SSSR count). The third-order valence-corrected chi connectivity index (χ3v) is 5.76. The highest BCUT2D eigenvalue weighted by molar-refractivity contribution is 6.43. The van der Waals surface area contributed by atoms with Gasteiger partial charge in [0.05, 0.1) is 13.1 Å². The summed E-state index contributed by atoms with van der Waals surface area (Å²) in [4.78, 5) is 50.6. The van der Waals surface area contributed by atoms with Gasteiger partial charge in [-0.05, 0) is 31.2 Å². The third-order valence-electron chi connectivity index (χ3n) is 5.76. The average molecular weight is 538 g/mol. The first-order valence-electron chi connectivity index (χ1n) is 12.3. The summed E-state index contributed by atoms with van der Waals surface area (Å²) in [5, 5.41) is 38.7. The Morgan fingerprint density at radius 3 is 2.03 bits per heavy atom. The zero-order chi connectivity index (χ0) is 28.8. The van der Waals surface area contributed by atoms with Gasteiger partial charge in [-0.15, -0.1) is 0 Å². The zero-order valence-corrected chi connectivity index (χ0v) is 22.3. The van der Waals surface area contributed by atoms with Crippen LogP contribution in [-0.4, -0.2) is 90.7 Å². The number of hydrogen-bond acceptors (Lipinski definition) is 9. The Balaban J connectivity index is 2.98. The minimum Gasteiger partial charge on any atom is -0.453 e. The number of carbonyl (C=O) groups excluding carboxylic acids is 4. The Labute approximate surface area is 222 Å². The largest absolute Gasteiger partial charge is 0.475 e. The first-order valence-corrected chi connectivity index (χ1v) is 12.3. The summed E-state index contributed by atoms with van der Waals surface area (Å²) in [5.41, 5.74) is 0.743. The van der Waals surface area contributed by atoms with E-state index in [2.05, 4.69) is 26.0 Å². The van der Waals surface area contributed by atoms with Gasteiger partial charge in [0.2, 0.25) is 17.7 Å². The second kappa shape index (κ2) is 16.6. The van der Waals surface area contributed by atoms with Crippen molar-refractivity contribution in [2.45, 2.75) is 70.4 Å². The lowest BCUT2D eigenvalue weighted by molar-refractivity contribution is -0.132. The highest BCUT2D eigenvalue weighted by Crippen LogP contribution is 2.08. The van der Waals surface area contributed by atoms with Crippen molar-refractivity contribution < 1.29 is 43.8 Å². The normalized spacial score (nSPS) is 14.9. The molecule has 0 radical (unpaired) electrons. The number of carbonyl (C=O) groups is 4. The van der Waals surface area contributed by atoms with Gasteiger partial charge in [-0.25, -0.2) is 4.79 Å². The monoisotopic (exact) mass is 538 g/mol. The molecule has 14 heteroatoms. The molecule has 5 atom stereocenters. The molecule has 0 aliphatic carbocycles. The topological polar surface area (TPSA) is 196 Å². The fourth-order valence-corrected chi connectivity index (χ4v) is 3.46. The minimum absolute atomic E-state index is 0.00441. The number of aliphatic hydroxyl groups excluding tert-OH is 1. The van der Waals surface area contributed by atoms with Crippen LogP contribution in [0.3, 0.4) is 0 Å². The van der Waals surface area contributed by atoms with Gasteiger partial charge in [0, 0.05) is 13.5 Å². The predicted octanol–water partition coefficient (Wildman–Crippen LogP) is -1.16. The summed E-state index contributed by atoms with van der Waals surface area (Å²) in [6.07, 6.45) is -1.82. The molecule has 13 nitrogen and oxygen atoms in total. The van der Waals surface area contributed by atoms with E-state index in [1.165, 1.54) is 21.1 Å². The van der Waals surface area contributed by atoms with Gasteiger partial charge >= 0.3 is 13.2 Å². The molecule has 0 saturated heterocycles. The summed E-state index contributed by atoms with van der Waals surface area (Å²) in [6, 6.07) is 5.71. The van der Waals surface area contributed by atoms with Crippen molar-refractivity contribution in [1.29, 1.82) is 0 Å². The van der Waals surface area contributed by atoms with Gasteiger partial charge in [-0.2, -0.15) is 0 Å². The first-order chi connectivity index (χ1) is 17.9. The molecule has 0 fully saturated rings. The second-order valence-electron chi connectivity index (χ2n) is 9.14. The molecule has 0 saturated carbocycles. The van der Waals surface area contributed by atoms with Gasteiger partial charge < -0.3 is 45.9 Å². The van der Waals surface area contributed by atoms with Crippen LogP contribution in [0.5, 0.6) is 0 Å². The highest BCUT2D eigenvalue weighted by atomic mass is 16.6. The van der Waals surface area contributed by atoms with Gasteiger partial charge in [0.25, 0.3) is 0 Å². The first kappa shape index (κ1) is 32.8. The summed E-state index contributed by atoms with van der Waals surface area (Å²) in [5.74, 6) is -3.43. The van der Waals surface area contributed by atoms with Crippen LogP contribution < -0.4 is 21.3 Å². The van der Waals surface area contributed by atoms with Crippen LogP contribution in [0.15, 0.2) is 30.3 Å². The molecule has 0 aliphatic rings. The van der Waals surface area contributed by atoms with E-state index in [-0.39, 0.29) is 25.2 Å². The van der Waals surface area contributed by atoms with E-state index in [1.807, 2.05) is 0 Å². The van der Waals surface area contributed by atoms with Gasteiger partial charge in [-0.3, -0.25) is 14.4 Å². The fourth-order valence-electron chi connectivity index (χ4n) is 3.46. The van der Waals surface area contributed by atoms with Crippen molar-refractivity contribution in [2.75, 3.05) is 14.2 Å². The van der Waals surface area contributed by atoms with Crippen molar-refractivity contribution in [1.82, 2.24) is 21.3 Å². The van der Waals surface area contributed by atoms with E-state index in [0.29, 0.717) is 0 Å². The lowest BCUT2D eigenvalue weighted by Crippen LogP contribution is -2.58. The molecule has 4 amide bonds. The van der Waals surface area contributed by atoms with Crippen molar-refractivity contribution in [3.05, 3.63) is 35.9 Å². The molecule has 1 aromatic rings. The van der Waals surface area contributed by atoms with Crippen LogP contribution in [0, 0.1) is 5.92 Å². The Morgan fingerprint density at radius 1 is 0.868 bits per heavy atom. The molecule has 7 N–H and O–H groups in total. The van der Waals surface area contributed by atoms with Gasteiger partial charge in [-0.1, -0.05) is 44.2 Å². The predicted molar refractivity (Wildman–Crippen MR) is 138 cm³/mol. The molecule has 1 aromatic carbocycles. The molecular formula is C24H39BN4O9. The lowest BCUT2D eigenvalue weighted by Gasteiger charge is -2.26. The zero-order valence-electron chi connectivity index (χ0n) is 22.3. The molecular weight excluding hydrogens is 499 g/mol. The van der Waals surface area contributed by atoms with E-state index < -0.39 is 61.3 Å². The summed E-state index contributed by atoms with van der Waals surface area (Å²) in [7, 11) is 0.541. The number of aliphatic hydroxyl groups is 1. The van der Waals surface area contributed by atoms with E-state index in [0.717, 1.165) is 5.56 Å². The summed E-state index contributed by atoms with van der Waals surface area (Å²) in [6.45, 7) is 4.84. The summed E-state index contributed by atoms with van der Waals surface area (Å²) < 4.78 is 9.29. The molecule has 0 spiro atoms. The van der Waals surface area contributed by atoms with Gasteiger partial charge in [0.1, 0.15) is 18.1 Å². The maximum absolute atomic E-state index is 13.2. The van der Waals surface area contributed by atoms with Crippen molar-refractivity contribution in [3.8, 4) is 0 Å². The molecule has 212 valence electrons. The average Bonchev–Trinajstić information content (AvgIpc) is 2.88. The lowest BCUT2D eigenvalue weighted by atomic mass is 9.76. The minimum atomic E-state index is -1.91. The molecule has 0 aliphatic heterocycles. The standard InChI is InChI=1S/C24H39BN4O9/c1-14(2)20(29-24(34)38-5)23(33)27-17(13-16-9-7-6-8-10-16)22(32)26-15(3)21(31)28-18(25(35)36)11-12-19(30)37-4/h6-10,14-15,17-20,30,35-36H,11-13H2,1-5H3,(H,26,32)(H,27,33)(H,28,31)(H,29,34). The molecule has 38 heavy (non-hydrogen) atoms. The maximum Gasteiger partial charge on any atom is 0.475 e. The third kappa shape index (κ3) is 11.5. The number of hydrogen-bond donors (Lipinski definition) is 7. The number of amides is 4. The molecule has 0 heterocycles. The van der Waals surface area contributed by atoms with Crippen LogP contribution in [0.2, 0.25) is 0 Å². The number of nitrogens with one attached hydrogen (secondary N) is 4. The number of ether oxygens (including phenoxy) is 2. The number of alkyl carbamates (subject to hydrolysis) is 1. The Bertz CT molecular complexity index is 904. The van der Waals surface area contributed by atoms with Crippen LogP contribution in [0.25, 0.3) is 0 Å². The van der Waals surface area contributed by atoms with Crippen molar-refractivity contribution >= 4 is 30.9 Å². The maximum atomic E-state index is 13.2. The van der Waals surface area contributed by atoms with E-state index in [4.69, 9.17) is 4.74 Å². The second-order valence-corrected chi connectivity index (χ2v) is 9.14. The van der Waals surface area contributed by atoms with E-state index in [9.17, 15) is 34.3 Å². The number of methoxy groups -OCH3 is 2. The van der Waals surface area contributed by atoms with Gasteiger partial charge in [0.15, 0.2) is 6.29 Å². The molecule has 0 bridgehead atoms. The van der Waals surface area contributed by atoms with Crippen molar-refractivity contribution in [2.24, 2.45) is 5.92 Å². The quantitative estimate of drug-likeness (QED) is 0.106. The van der Waals surface area contributed by atoms with Crippen LogP contribution in [-0.2, 0) is 30.3 Å². The van der Waals surface area contributed by atoms with Crippen LogP contribution >= 0.6 is 0 Å². The molecule has 5 unspecified atom stereocenters. The van der Waals surface area contributed by atoms with Crippen LogP contribution in [0.4, 0.5) is 4.79 Å². The Hall–Kier alpha value is -3.20. The van der Waals surface area contributed by atoms with Crippen molar-refractivity contribution in [3.63, 3.8) is 0 Å². The van der Waals surface area contributed by atoms with E-state index in [1.54, 1.807) is 44.2 Å². The SMILES string of the molecule is COC(=O)NC(C(=O)NC(Cc1ccccc1)C(=O)NC(C)C(=O)NC(CCC(O)OC)B(O)O)C(C)C. The van der Waals surface area contributed by atoms with Crippen LogP contribution in [0.1, 0.15) is 39.2 Å². The smallest absolute Gasteiger partial charge is 0.453 e.